The van der Waals surface area contributed by atoms with E-state index < -0.39 is 11.9 Å². The molecule has 1 rings (SSSR count). The van der Waals surface area contributed by atoms with Crippen molar-refractivity contribution in [1.29, 1.82) is 0 Å². The van der Waals surface area contributed by atoms with Gasteiger partial charge in [-0.15, -0.1) is 0 Å². The van der Waals surface area contributed by atoms with Crippen molar-refractivity contribution in [2.75, 3.05) is 18.5 Å². The predicted molar refractivity (Wildman–Crippen MR) is 64.2 cm³/mol. The molecule has 0 saturated carbocycles. The van der Waals surface area contributed by atoms with Crippen molar-refractivity contribution in [3.8, 4) is 0 Å². The number of hydrogen-bond acceptors (Lipinski definition) is 2. The first-order valence-corrected chi connectivity index (χ1v) is 5.60. The number of anilines is 1. The van der Waals surface area contributed by atoms with E-state index in [0.717, 1.165) is 4.47 Å². The molecule has 0 bridgehead atoms. The lowest BCUT2D eigenvalue weighted by Gasteiger charge is -2.22. The zero-order chi connectivity index (χ0) is 12.3. The van der Waals surface area contributed by atoms with Crippen LogP contribution in [-0.2, 0) is 4.79 Å². The van der Waals surface area contributed by atoms with E-state index in [1.165, 1.54) is 6.07 Å². The zero-order valence-corrected chi connectivity index (χ0v) is 10.7. The van der Waals surface area contributed by atoms with Gasteiger partial charge in [-0.1, -0.05) is 22.9 Å². The smallest absolute Gasteiger partial charge is 0.308 e. The Hall–Kier alpha value is -1.10. The molecule has 0 aromatic heterocycles. The Bertz CT molecular complexity index is 398. The summed E-state index contributed by atoms with van der Waals surface area (Å²) in [4.78, 5) is 12.3. The van der Waals surface area contributed by atoms with Crippen molar-refractivity contribution < 1.29 is 14.3 Å². The SMILES string of the molecule is CC(CN(C)c1cc(Br)ccc1F)C(=O)O. The van der Waals surface area contributed by atoms with Gasteiger partial charge in [-0.05, 0) is 18.2 Å². The first-order chi connectivity index (χ1) is 7.41. The predicted octanol–water partition coefficient (Wildman–Crippen LogP) is 2.75. The number of carbonyl (C=O) groups is 1. The summed E-state index contributed by atoms with van der Waals surface area (Å²) in [5.41, 5.74) is 0.391. The molecule has 0 amide bonds. The molecule has 3 nitrogen and oxygen atoms in total. The van der Waals surface area contributed by atoms with Crippen LogP contribution in [0.1, 0.15) is 6.92 Å². The number of carboxylic acid groups (broad SMARTS) is 1. The monoisotopic (exact) mass is 289 g/mol. The molecule has 1 N–H and O–H groups in total. The Morgan fingerprint density at radius 2 is 2.25 bits per heavy atom. The fourth-order valence-corrected chi connectivity index (χ4v) is 1.71. The molecule has 0 aliphatic carbocycles. The molecule has 88 valence electrons. The fourth-order valence-electron chi connectivity index (χ4n) is 1.37. The van der Waals surface area contributed by atoms with E-state index >= 15 is 0 Å². The molecule has 0 aliphatic heterocycles. The minimum absolute atomic E-state index is 0.267. The van der Waals surface area contributed by atoms with Crippen LogP contribution < -0.4 is 4.90 Å². The molecule has 0 fully saturated rings. The molecule has 0 spiro atoms. The van der Waals surface area contributed by atoms with Gasteiger partial charge in [0.25, 0.3) is 0 Å². The lowest BCUT2D eigenvalue weighted by Crippen LogP contribution is -2.29. The van der Waals surface area contributed by atoms with Gasteiger partial charge in [0, 0.05) is 18.1 Å². The molecule has 1 aromatic carbocycles. The van der Waals surface area contributed by atoms with E-state index in [9.17, 15) is 9.18 Å². The van der Waals surface area contributed by atoms with Gasteiger partial charge in [-0.25, -0.2) is 4.39 Å². The second-order valence-corrected chi connectivity index (χ2v) is 4.63. The average Bonchev–Trinajstić information content (AvgIpc) is 2.21. The Kier molecular flexibility index (Phi) is 4.29. The van der Waals surface area contributed by atoms with Gasteiger partial charge in [0.05, 0.1) is 11.6 Å². The maximum atomic E-state index is 13.5. The third-order valence-corrected chi connectivity index (χ3v) is 2.78. The molecule has 1 atom stereocenters. The number of benzene rings is 1. The van der Waals surface area contributed by atoms with Crippen molar-refractivity contribution in [1.82, 2.24) is 0 Å². The quantitative estimate of drug-likeness (QED) is 0.927. The topological polar surface area (TPSA) is 40.5 Å². The highest BCUT2D eigenvalue weighted by Crippen LogP contribution is 2.23. The molecule has 0 radical (unpaired) electrons. The van der Waals surface area contributed by atoms with Gasteiger partial charge in [0.15, 0.2) is 0 Å². The van der Waals surface area contributed by atoms with E-state index in [1.807, 2.05) is 0 Å². The minimum Gasteiger partial charge on any atom is -0.481 e. The Labute approximate surface area is 102 Å². The Morgan fingerprint density at radius 1 is 1.62 bits per heavy atom. The molecular formula is C11H13BrFNO2. The second-order valence-electron chi connectivity index (χ2n) is 3.72. The van der Waals surface area contributed by atoms with E-state index in [4.69, 9.17) is 5.11 Å². The van der Waals surface area contributed by atoms with Crippen molar-refractivity contribution in [3.05, 3.63) is 28.5 Å². The van der Waals surface area contributed by atoms with Gasteiger partial charge in [0.1, 0.15) is 5.82 Å². The highest BCUT2D eigenvalue weighted by molar-refractivity contribution is 9.10. The van der Waals surface area contributed by atoms with Gasteiger partial charge < -0.3 is 10.0 Å². The van der Waals surface area contributed by atoms with Gasteiger partial charge >= 0.3 is 5.97 Å². The van der Waals surface area contributed by atoms with Gasteiger partial charge in [-0.3, -0.25) is 4.79 Å². The summed E-state index contributed by atoms with van der Waals surface area (Å²) < 4.78 is 14.2. The number of hydrogen-bond donors (Lipinski definition) is 1. The largest absolute Gasteiger partial charge is 0.481 e. The van der Waals surface area contributed by atoms with Crippen molar-refractivity contribution >= 4 is 27.6 Å². The number of nitrogens with zero attached hydrogens (tertiary/aromatic N) is 1. The maximum absolute atomic E-state index is 13.5. The van der Waals surface area contributed by atoms with Crippen LogP contribution in [0.2, 0.25) is 0 Å². The van der Waals surface area contributed by atoms with E-state index in [1.54, 1.807) is 31.0 Å². The molecule has 1 aromatic rings. The van der Waals surface area contributed by atoms with Crippen molar-refractivity contribution in [3.63, 3.8) is 0 Å². The molecule has 16 heavy (non-hydrogen) atoms. The number of carboxylic acids is 1. The summed E-state index contributed by atoms with van der Waals surface area (Å²) in [6, 6.07) is 4.58. The Balaban J connectivity index is 2.83. The summed E-state index contributed by atoms with van der Waals surface area (Å²) in [7, 11) is 1.67. The normalized spacial score (nSPS) is 12.2. The Morgan fingerprint density at radius 3 is 2.81 bits per heavy atom. The third-order valence-electron chi connectivity index (χ3n) is 2.29. The van der Waals surface area contributed by atoms with E-state index in [-0.39, 0.29) is 12.4 Å². The zero-order valence-electron chi connectivity index (χ0n) is 9.08. The molecule has 0 aliphatic rings. The lowest BCUT2D eigenvalue weighted by atomic mass is 10.1. The second kappa shape index (κ2) is 5.30. The minimum atomic E-state index is -0.887. The van der Waals surface area contributed by atoms with Crippen LogP contribution in [0.25, 0.3) is 0 Å². The molecule has 5 heteroatoms. The standard InChI is InChI=1S/C11H13BrFNO2/c1-7(11(15)16)6-14(2)10-5-8(12)3-4-9(10)13/h3-5,7H,6H2,1-2H3,(H,15,16). The van der Waals surface area contributed by atoms with Crippen LogP contribution in [-0.4, -0.2) is 24.7 Å². The lowest BCUT2D eigenvalue weighted by molar-refractivity contribution is -0.140. The molecule has 0 saturated heterocycles. The van der Waals surface area contributed by atoms with Crippen molar-refractivity contribution in [2.24, 2.45) is 5.92 Å². The number of rotatable bonds is 4. The van der Waals surface area contributed by atoms with Crippen LogP contribution in [0.4, 0.5) is 10.1 Å². The molecule has 1 unspecified atom stereocenters. The van der Waals surface area contributed by atoms with Crippen LogP contribution >= 0.6 is 15.9 Å². The van der Waals surface area contributed by atoms with Crippen LogP contribution in [0, 0.1) is 11.7 Å². The third kappa shape index (κ3) is 3.20. The first kappa shape index (κ1) is 13.0. The van der Waals surface area contributed by atoms with E-state index in [0.29, 0.717) is 5.69 Å². The average molecular weight is 290 g/mol. The van der Waals surface area contributed by atoms with Crippen LogP contribution in [0.5, 0.6) is 0 Å². The summed E-state index contributed by atoms with van der Waals surface area (Å²) in [6.45, 7) is 1.86. The number of aliphatic carboxylic acids is 1. The van der Waals surface area contributed by atoms with Crippen LogP contribution in [0.15, 0.2) is 22.7 Å². The van der Waals surface area contributed by atoms with Crippen LogP contribution in [0.3, 0.4) is 0 Å². The summed E-state index contributed by atoms with van der Waals surface area (Å²) >= 11 is 3.25. The van der Waals surface area contributed by atoms with Gasteiger partial charge in [-0.2, -0.15) is 0 Å². The van der Waals surface area contributed by atoms with Gasteiger partial charge in [0.2, 0.25) is 0 Å². The van der Waals surface area contributed by atoms with E-state index in [2.05, 4.69) is 15.9 Å². The summed E-state index contributed by atoms with van der Waals surface area (Å²) in [6.07, 6.45) is 0. The van der Waals surface area contributed by atoms with Crippen molar-refractivity contribution in [2.45, 2.75) is 6.92 Å². The maximum Gasteiger partial charge on any atom is 0.308 e. The fraction of sp³-hybridized carbons (Fsp3) is 0.364. The molecular weight excluding hydrogens is 277 g/mol. The number of halogens is 2. The molecule has 0 heterocycles. The summed E-state index contributed by atoms with van der Waals surface area (Å²) in [5, 5.41) is 8.77. The first-order valence-electron chi connectivity index (χ1n) is 4.81. The summed E-state index contributed by atoms with van der Waals surface area (Å²) in [5.74, 6) is -1.78. The highest BCUT2D eigenvalue weighted by Gasteiger charge is 2.16. The highest BCUT2D eigenvalue weighted by atomic mass is 79.9.